The molecule has 1 atom stereocenters. The maximum absolute atomic E-state index is 12.9. The predicted molar refractivity (Wildman–Crippen MR) is 106 cm³/mol. The fourth-order valence-corrected chi connectivity index (χ4v) is 3.36. The van der Waals surface area contributed by atoms with Crippen LogP contribution in [0.4, 0.5) is 0 Å². The molecule has 7 nitrogen and oxygen atoms in total. The number of nitrogens with two attached hydrogens (primary N) is 1. The van der Waals surface area contributed by atoms with Gasteiger partial charge in [-0.05, 0) is 25.5 Å². The molecule has 9 heteroatoms. The predicted octanol–water partition coefficient (Wildman–Crippen LogP) is -0.730. The van der Waals surface area contributed by atoms with Gasteiger partial charge in [0.15, 0.2) is 0 Å². The van der Waals surface area contributed by atoms with Gasteiger partial charge < -0.3 is 25.3 Å². The number of dihydropyridines is 1. The number of hydrogen-bond acceptors (Lipinski definition) is 7. The van der Waals surface area contributed by atoms with E-state index in [1.54, 1.807) is 38.1 Å². The topological polar surface area (TPSA) is 99.9 Å². The second-order valence-electron chi connectivity index (χ2n) is 6.06. The molecule has 3 N–H and O–H groups in total. The second-order valence-corrected chi connectivity index (χ2v) is 6.47. The second kappa shape index (κ2) is 12.4. The number of ether oxygens (including phenoxy) is 3. The van der Waals surface area contributed by atoms with Crippen molar-refractivity contribution >= 4 is 23.5 Å². The third-order valence-electron chi connectivity index (χ3n) is 4.27. The van der Waals surface area contributed by atoms with Crippen LogP contribution in [0.25, 0.3) is 0 Å². The molecule has 0 aromatic heterocycles. The van der Waals surface area contributed by atoms with Crippen LogP contribution in [0.5, 0.6) is 0 Å². The molecule has 0 amide bonds. The zero-order valence-electron chi connectivity index (χ0n) is 17.2. The summed E-state index contributed by atoms with van der Waals surface area (Å²) in [5.41, 5.74) is 7.70. The smallest absolute Gasteiger partial charge is 0.466 e. The molecular weight excluding hydrogens is 407 g/mol. The van der Waals surface area contributed by atoms with Gasteiger partial charge in [-0.25, -0.2) is 9.59 Å². The molecule has 0 bridgehead atoms. The molecule has 29 heavy (non-hydrogen) atoms. The van der Waals surface area contributed by atoms with Crippen molar-refractivity contribution in [3.63, 3.8) is 0 Å². The summed E-state index contributed by atoms with van der Waals surface area (Å²) in [6.07, 6.45) is 0. The van der Waals surface area contributed by atoms with Crippen LogP contribution in [0.15, 0.2) is 46.8 Å². The fraction of sp³-hybridized carbons (Fsp3) is 0.400. The van der Waals surface area contributed by atoms with Crippen molar-refractivity contribution in [2.75, 3.05) is 33.5 Å². The van der Waals surface area contributed by atoms with Crippen molar-refractivity contribution in [2.45, 2.75) is 19.8 Å². The van der Waals surface area contributed by atoms with E-state index in [9.17, 15) is 9.59 Å². The van der Waals surface area contributed by atoms with Gasteiger partial charge in [-0.2, -0.15) is 0 Å². The molecule has 1 aliphatic rings. The Kier molecular flexibility index (Phi) is 11.0. The molecule has 0 saturated carbocycles. The standard InChI is InChI=1S/C20H25ClN2O5.Na/c1-4-28-20(25)18-15(11-27-10-9-22)23-12(2)16(19(24)26-3)17(18)13-7-5-6-8-14(13)21;/h5-8,17,23H,4,9-11,22H2,1-3H3;/q;+1. The molecule has 0 spiro atoms. The monoisotopic (exact) mass is 431 g/mol. The number of rotatable bonds is 8. The summed E-state index contributed by atoms with van der Waals surface area (Å²) < 4.78 is 15.8. The van der Waals surface area contributed by atoms with Crippen molar-refractivity contribution in [3.8, 4) is 0 Å². The third kappa shape index (κ3) is 6.07. The number of allylic oxidation sites excluding steroid dienone is 1. The summed E-state index contributed by atoms with van der Waals surface area (Å²) in [4.78, 5) is 25.5. The van der Waals surface area contributed by atoms with Gasteiger partial charge in [-0.3, -0.25) is 0 Å². The van der Waals surface area contributed by atoms with E-state index in [0.717, 1.165) is 0 Å². The quantitative estimate of drug-likeness (QED) is 0.318. The first-order valence-corrected chi connectivity index (χ1v) is 9.32. The van der Waals surface area contributed by atoms with Crippen LogP contribution in [0, 0.1) is 0 Å². The first kappa shape index (κ1) is 25.7. The summed E-state index contributed by atoms with van der Waals surface area (Å²) in [5, 5.41) is 3.52. The zero-order chi connectivity index (χ0) is 20.7. The maximum Gasteiger partial charge on any atom is 1.00 e. The number of hydrogen-bond donors (Lipinski definition) is 2. The number of carbonyl (C=O) groups is 2. The molecule has 0 fully saturated rings. The molecule has 0 aliphatic carbocycles. The number of methoxy groups -OCH3 is 1. The average molecular weight is 432 g/mol. The summed E-state index contributed by atoms with van der Waals surface area (Å²) in [5.74, 6) is -1.86. The van der Waals surface area contributed by atoms with Gasteiger partial charge >= 0.3 is 41.5 Å². The minimum Gasteiger partial charge on any atom is -0.466 e. The Bertz CT molecular complexity index is 810. The SMILES string of the molecule is CCOC(=O)C1=C(COCCN)NC(C)=C(C(=O)OC)C1c1ccccc1Cl.[Na+]. The Morgan fingerprint density at radius 1 is 1.21 bits per heavy atom. The molecule has 1 aliphatic heterocycles. The minimum atomic E-state index is -0.752. The fourth-order valence-electron chi connectivity index (χ4n) is 3.12. The van der Waals surface area contributed by atoms with Gasteiger partial charge in [-0.1, -0.05) is 29.8 Å². The Balaban J connectivity index is 0.00000420. The van der Waals surface area contributed by atoms with E-state index >= 15 is 0 Å². The third-order valence-corrected chi connectivity index (χ3v) is 4.61. The molecule has 0 radical (unpaired) electrons. The van der Waals surface area contributed by atoms with Gasteiger partial charge in [0.2, 0.25) is 0 Å². The van der Waals surface area contributed by atoms with Crippen molar-refractivity contribution in [1.29, 1.82) is 0 Å². The van der Waals surface area contributed by atoms with Crippen LogP contribution in [0.1, 0.15) is 25.3 Å². The van der Waals surface area contributed by atoms with Crippen molar-refractivity contribution in [3.05, 3.63) is 57.4 Å². The van der Waals surface area contributed by atoms with Crippen LogP contribution >= 0.6 is 11.6 Å². The van der Waals surface area contributed by atoms with Crippen molar-refractivity contribution < 1.29 is 53.4 Å². The molecule has 1 unspecified atom stereocenters. The maximum atomic E-state index is 12.9. The van der Waals surface area contributed by atoms with E-state index in [2.05, 4.69) is 5.32 Å². The first-order chi connectivity index (χ1) is 13.5. The number of nitrogens with one attached hydrogen (secondary N) is 1. The van der Waals surface area contributed by atoms with Gasteiger partial charge in [0.1, 0.15) is 0 Å². The van der Waals surface area contributed by atoms with Crippen LogP contribution in [0.2, 0.25) is 5.02 Å². The number of benzene rings is 1. The summed E-state index contributed by atoms with van der Waals surface area (Å²) in [6.45, 7) is 4.42. The van der Waals surface area contributed by atoms with E-state index in [0.29, 0.717) is 40.7 Å². The number of halogens is 1. The first-order valence-electron chi connectivity index (χ1n) is 8.94. The Morgan fingerprint density at radius 3 is 2.48 bits per heavy atom. The van der Waals surface area contributed by atoms with Gasteiger partial charge in [-0.15, -0.1) is 0 Å². The molecular formula is C20H25ClN2NaO5+. The van der Waals surface area contributed by atoms with E-state index < -0.39 is 17.9 Å². The molecule has 2 rings (SSSR count). The van der Waals surface area contributed by atoms with Crippen LogP contribution < -0.4 is 40.6 Å². The van der Waals surface area contributed by atoms with Crippen LogP contribution in [-0.2, 0) is 23.8 Å². The Labute approximate surface area is 197 Å². The van der Waals surface area contributed by atoms with Gasteiger partial charge in [0, 0.05) is 17.3 Å². The van der Waals surface area contributed by atoms with Gasteiger partial charge in [0.25, 0.3) is 0 Å². The summed E-state index contributed by atoms with van der Waals surface area (Å²) >= 11 is 6.42. The Morgan fingerprint density at radius 2 is 1.90 bits per heavy atom. The van der Waals surface area contributed by atoms with E-state index in [-0.39, 0.29) is 48.3 Å². The summed E-state index contributed by atoms with van der Waals surface area (Å²) in [6, 6.07) is 7.05. The molecule has 152 valence electrons. The number of esters is 2. The van der Waals surface area contributed by atoms with Crippen molar-refractivity contribution in [1.82, 2.24) is 5.32 Å². The average Bonchev–Trinajstić information content (AvgIpc) is 2.67. The van der Waals surface area contributed by atoms with Gasteiger partial charge in [0.05, 0.1) is 49.7 Å². The Hall–Kier alpha value is -1.35. The van der Waals surface area contributed by atoms with E-state index in [4.69, 9.17) is 31.5 Å². The molecule has 1 aromatic carbocycles. The molecule has 1 heterocycles. The molecule has 1 aromatic rings. The molecule has 0 saturated heterocycles. The summed E-state index contributed by atoms with van der Waals surface area (Å²) in [7, 11) is 1.29. The largest absolute Gasteiger partial charge is 1.00 e. The zero-order valence-corrected chi connectivity index (χ0v) is 20.0. The van der Waals surface area contributed by atoms with E-state index in [1.165, 1.54) is 7.11 Å². The van der Waals surface area contributed by atoms with Crippen molar-refractivity contribution in [2.24, 2.45) is 5.73 Å². The normalized spacial score (nSPS) is 16.1. The van der Waals surface area contributed by atoms with Crippen LogP contribution in [0.3, 0.4) is 0 Å². The van der Waals surface area contributed by atoms with E-state index in [1.807, 2.05) is 0 Å². The number of carbonyl (C=O) groups excluding carboxylic acids is 2. The minimum absolute atomic E-state index is 0. The van der Waals surface area contributed by atoms with Crippen LogP contribution in [-0.4, -0.2) is 45.4 Å².